The monoisotopic (exact) mass is 337 g/mol. The molecule has 0 aliphatic heterocycles. The molecule has 0 amide bonds. The molecule has 1 N–H and O–H groups in total. The average Bonchev–Trinajstić information content (AvgIpc) is 2.47. The van der Waals surface area contributed by atoms with Gasteiger partial charge in [0.15, 0.2) is 0 Å². The summed E-state index contributed by atoms with van der Waals surface area (Å²) in [6.45, 7) is 0. The highest BCUT2D eigenvalue weighted by molar-refractivity contribution is 9.10. The largest absolute Gasteiger partial charge is 0.497 e. The van der Waals surface area contributed by atoms with Crippen LogP contribution in [0.3, 0.4) is 0 Å². The maximum absolute atomic E-state index is 14.1. The van der Waals surface area contributed by atoms with Crippen LogP contribution in [0.5, 0.6) is 5.75 Å². The van der Waals surface area contributed by atoms with E-state index in [1.165, 1.54) is 13.2 Å². The number of rotatable bonds is 5. The molecule has 2 aromatic rings. The average molecular weight is 338 g/mol. The van der Waals surface area contributed by atoms with Crippen molar-refractivity contribution in [3.05, 3.63) is 63.9 Å². The summed E-state index contributed by atoms with van der Waals surface area (Å²) in [6, 6.07) is 13.0. The number of nitrogens with one attached hydrogen (secondary N) is 1. The second-order valence-electron chi connectivity index (χ2n) is 4.56. The van der Waals surface area contributed by atoms with Gasteiger partial charge in [0, 0.05) is 22.1 Å². The molecule has 0 spiro atoms. The molecule has 4 heteroatoms. The summed E-state index contributed by atoms with van der Waals surface area (Å²) in [5.41, 5.74) is 1.80. The van der Waals surface area contributed by atoms with Crippen LogP contribution in [0.1, 0.15) is 17.2 Å². The first-order valence-electron chi connectivity index (χ1n) is 6.39. The molecule has 2 aromatic carbocycles. The van der Waals surface area contributed by atoms with Crippen molar-refractivity contribution in [3.8, 4) is 5.75 Å². The Morgan fingerprint density at radius 3 is 2.45 bits per heavy atom. The van der Waals surface area contributed by atoms with Crippen LogP contribution in [0.25, 0.3) is 0 Å². The second kappa shape index (κ2) is 6.86. The van der Waals surface area contributed by atoms with Gasteiger partial charge in [-0.2, -0.15) is 0 Å². The minimum absolute atomic E-state index is 0.0675. The molecule has 2 nitrogen and oxygen atoms in total. The fourth-order valence-corrected chi connectivity index (χ4v) is 2.41. The molecule has 20 heavy (non-hydrogen) atoms. The quantitative estimate of drug-likeness (QED) is 0.886. The normalized spacial score (nSPS) is 12.2. The first kappa shape index (κ1) is 15.0. The Hall–Kier alpha value is -1.39. The maximum atomic E-state index is 14.1. The first-order chi connectivity index (χ1) is 9.63. The van der Waals surface area contributed by atoms with Gasteiger partial charge in [-0.1, -0.05) is 34.1 Å². The Morgan fingerprint density at radius 2 is 1.90 bits per heavy atom. The van der Waals surface area contributed by atoms with Crippen LogP contribution in [-0.2, 0) is 6.42 Å². The van der Waals surface area contributed by atoms with E-state index in [2.05, 4.69) is 21.2 Å². The molecule has 1 atom stereocenters. The number of benzene rings is 2. The van der Waals surface area contributed by atoms with Gasteiger partial charge in [-0.05, 0) is 37.2 Å². The minimum Gasteiger partial charge on any atom is -0.497 e. The van der Waals surface area contributed by atoms with E-state index in [1.54, 1.807) is 12.1 Å². The van der Waals surface area contributed by atoms with Crippen molar-refractivity contribution in [2.75, 3.05) is 14.2 Å². The van der Waals surface area contributed by atoms with Crippen LogP contribution in [0.2, 0.25) is 0 Å². The fraction of sp³-hybridized carbons (Fsp3) is 0.250. The molecule has 1 unspecified atom stereocenters. The molecular formula is C16H17BrFNO. The molecular weight excluding hydrogens is 321 g/mol. The second-order valence-corrected chi connectivity index (χ2v) is 5.47. The van der Waals surface area contributed by atoms with Gasteiger partial charge in [0.25, 0.3) is 0 Å². The van der Waals surface area contributed by atoms with Gasteiger partial charge >= 0.3 is 0 Å². The molecule has 0 radical (unpaired) electrons. The first-order valence-corrected chi connectivity index (χ1v) is 7.18. The van der Waals surface area contributed by atoms with E-state index >= 15 is 0 Å². The van der Waals surface area contributed by atoms with Gasteiger partial charge in [-0.25, -0.2) is 4.39 Å². The standard InChI is InChI=1S/C16H17BrFNO/c1-19-16(9-11-3-5-12(17)6-4-11)14-8-7-13(20-2)10-15(14)18/h3-8,10,16,19H,9H2,1-2H3. The number of hydrogen-bond acceptors (Lipinski definition) is 2. The summed E-state index contributed by atoms with van der Waals surface area (Å²) in [6.07, 6.45) is 0.729. The molecule has 0 bridgehead atoms. The summed E-state index contributed by atoms with van der Waals surface area (Å²) in [5.74, 6) is 0.283. The third kappa shape index (κ3) is 3.58. The predicted octanol–water partition coefficient (Wildman–Crippen LogP) is 4.10. The summed E-state index contributed by atoms with van der Waals surface area (Å²) in [4.78, 5) is 0. The Morgan fingerprint density at radius 1 is 1.20 bits per heavy atom. The van der Waals surface area contributed by atoms with Crippen LogP contribution >= 0.6 is 15.9 Å². The van der Waals surface area contributed by atoms with Crippen LogP contribution in [0.4, 0.5) is 4.39 Å². The summed E-state index contributed by atoms with van der Waals surface area (Å²) in [5, 5.41) is 3.17. The number of likely N-dealkylation sites (N-methyl/N-ethyl adjacent to an activating group) is 1. The number of methoxy groups -OCH3 is 1. The highest BCUT2D eigenvalue weighted by Gasteiger charge is 2.15. The van der Waals surface area contributed by atoms with Gasteiger partial charge in [0.1, 0.15) is 11.6 Å². The Labute approximate surface area is 127 Å². The van der Waals surface area contributed by atoms with Crippen molar-refractivity contribution in [3.63, 3.8) is 0 Å². The van der Waals surface area contributed by atoms with Gasteiger partial charge < -0.3 is 10.1 Å². The van der Waals surface area contributed by atoms with Crippen molar-refractivity contribution in [2.45, 2.75) is 12.5 Å². The van der Waals surface area contributed by atoms with Crippen molar-refractivity contribution in [1.82, 2.24) is 5.32 Å². The summed E-state index contributed by atoms with van der Waals surface area (Å²) < 4.78 is 20.2. The van der Waals surface area contributed by atoms with Gasteiger partial charge in [-0.15, -0.1) is 0 Å². The van der Waals surface area contributed by atoms with Crippen LogP contribution in [0.15, 0.2) is 46.9 Å². The third-order valence-electron chi connectivity index (χ3n) is 3.28. The third-order valence-corrected chi connectivity index (χ3v) is 3.81. The SMILES string of the molecule is CNC(Cc1ccc(Br)cc1)c1ccc(OC)cc1F. The van der Waals surface area contributed by atoms with Crippen molar-refractivity contribution in [1.29, 1.82) is 0 Å². The van der Waals surface area contributed by atoms with Crippen LogP contribution < -0.4 is 10.1 Å². The summed E-state index contributed by atoms with van der Waals surface area (Å²) >= 11 is 3.41. The van der Waals surface area contributed by atoms with Crippen LogP contribution in [-0.4, -0.2) is 14.2 Å². The zero-order valence-corrected chi connectivity index (χ0v) is 13.1. The lowest BCUT2D eigenvalue weighted by molar-refractivity contribution is 0.409. The van der Waals surface area contributed by atoms with E-state index in [0.717, 1.165) is 16.5 Å². The highest BCUT2D eigenvalue weighted by Crippen LogP contribution is 2.25. The molecule has 0 fully saturated rings. The zero-order chi connectivity index (χ0) is 14.5. The lowest BCUT2D eigenvalue weighted by Crippen LogP contribution is -2.20. The highest BCUT2D eigenvalue weighted by atomic mass is 79.9. The molecule has 106 valence electrons. The van der Waals surface area contributed by atoms with Gasteiger partial charge in [0.2, 0.25) is 0 Å². The maximum Gasteiger partial charge on any atom is 0.131 e. The Kier molecular flexibility index (Phi) is 5.15. The lowest BCUT2D eigenvalue weighted by atomic mass is 9.98. The molecule has 2 rings (SSSR count). The van der Waals surface area contributed by atoms with Crippen molar-refractivity contribution in [2.24, 2.45) is 0 Å². The minimum atomic E-state index is -0.249. The smallest absolute Gasteiger partial charge is 0.131 e. The van der Waals surface area contributed by atoms with Crippen LogP contribution in [0, 0.1) is 5.82 Å². The van der Waals surface area contributed by atoms with E-state index in [-0.39, 0.29) is 11.9 Å². The van der Waals surface area contributed by atoms with E-state index in [1.807, 2.05) is 31.3 Å². The predicted molar refractivity (Wildman–Crippen MR) is 82.6 cm³/mol. The van der Waals surface area contributed by atoms with Crippen molar-refractivity contribution >= 4 is 15.9 Å². The molecule has 0 aliphatic rings. The van der Waals surface area contributed by atoms with E-state index in [9.17, 15) is 4.39 Å². The van der Waals surface area contributed by atoms with E-state index in [4.69, 9.17) is 4.74 Å². The molecule has 0 saturated heterocycles. The molecule has 0 heterocycles. The number of hydrogen-bond donors (Lipinski definition) is 1. The van der Waals surface area contributed by atoms with Gasteiger partial charge in [-0.3, -0.25) is 0 Å². The van der Waals surface area contributed by atoms with Crippen molar-refractivity contribution < 1.29 is 9.13 Å². The Bertz CT molecular complexity index is 571. The number of ether oxygens (including phenoxy) is 1. The van der Waals surface area contributed by atoms with Gasteiger partial charge in [0.05, 0.1) is 7.11 Å². The fourth-order valence-electron chi connectivity index (χ4n) is 2.14. The number of halogens is 2. The molecule has 0 saturated carbocycles. The topological polar surface area (TPSA) is 21.3 Å². The zero-order valence-electron chi connectivity index (χ0n) is 11.5. The Balaban J connectivity index is 2.21. The van der Waals surface area contributed by atoms with E-state index in [0.29, 0.717) is 11.3 Å². The molecule has 0 aromatic heterocycles. The molecule has 0 aliphatic carbocycles. The summed E-state index contributed by atoms with van der Waals surface area (Å²) in [7, 11) is 3.37. The van der Waals surface area contributed by atoms with E-state index < -0.39 is 0 Å². The lowest BCUT2D eigenvalue weighted by Gasteiger charge is -2.18.